The molecule has 0 aliphatic carbocycles. The van der Waals surface area contributed by atoms with Gasteiger partial charge >= 0.3 is 0 Å². The summed E-state index contributed by atoms with van der Waals surface area (Å²) in [7, 11) is 0. The summed E-state index contributed by atoms with van der Waals surface area (Å²) in [6.07, 6.45) is 5.77. The van der Waals surface area contributed by atoms with Crippen LogP contribution in [0.1, 0.15) is 19.8 Å². The predicted molar refractivity (Wildman–Crippen MR) is 79.9 cm³/mol. The summed E-state index contributed by atoms with van der Waals surface area (Å²) in [5.74, 6) is 6.07. The smallest absolute Gasteiger partial charge is 0.210 e. The Kier molecular flexibility index (Phi) is 4.69. The van der Waals surface area contributed by atoms with Crippen molar-refractivity contribution >= 4 is 22.4 Å². The van der Waals surface area contributed by atoms with E-state index in [4.69, 9.17) is 5.84 Å². The number of hydrazine groups is 1. The molecule has 100 valence electrons. The highest BCUT2D eigenvalue weighted by molar-refractivity contribution is 6.02. The standard InChI is InChI=1S/C14H19N5/c1-2-3-8-17-14(19-15)18-13-6-4-5-11-10-16-9-7-12(11)13/h4-7,9-10H,2-3,8,15H2,1H3,(H2,17,18,19). The van der Waals surface area contributed by atoms with Gasteiger partial charge in [0.1, 0.15) is 0 Å². The molecule has 2 rings (SSSR count). The molecule has 2 aromatic rings. The van der Waals surface area contributed by atoms with Gasteiger partial charge in [-0.05, 0) is 18.6 Å². The number of aliphatic imine (C=N–C) groups is 1. The Labute approximate surface area is 112 Å². The Bertz CT molecular complexity index is 559. The second-order valence-electron chi connectivity index (χ2n) is 4.26. The molecular weight excluding hydrogens is 238 g/mol. The maximum atomic E-state index is 5.49. The molecule has 0 radical (unpaired) electrons. The highest BCUT2D eigenvalue weighted by Crippen LogP contribution is 2.21. The molecule has 0 aliphatic heterocycles. The lowest BCUT2D eigenvalue weighted by molar-refractivity contribution is 0.801. The number of guanidine groups is 1. The van der Waals surface area contributed by atoms with Crippen LogP contribution in [-0.2, 0) is 0 Å². The number of nitrogens with zero attached hydrogens (tertiary/aromatic N) is 2. The highest BCUT2D eigenvalue weighted by atomic mass is 15.3. The first kappa shape index (κ1) is 13.3. The SMILES string of the molecule is CCCCN=C(NN)Nc1cccc2cnccc12. The second-order valence-corrected chi connectivity index (χ2v) is 4.26. The fourth-order valence-corrected chi connectivity index (χ4v) is 1.83. The van der Waals surface area contributed by atoms with Crippen LogP contribution >= 0.6 is 0 Å². The van der Waals surface area contributed by atoms with Crippen LogP contribution in [0.3, 0.4) is 0 Å². The monoisotopic (exact) mass is 257 g/mol. The van der Waals surface area contributed by atoms with Crippen LogP contribution in [0.5, 0.6) is 0 Å². The molecule has 5 heteroatoms. The molecule has 0 unspecified atom stereocenters. The first-order chi connectivity index (χ1) is 9.35. The second kappa shape index (κ2) is 6.70. The van der Waals surface area contributed by atoms with Gasteiger partial charge in [0.15, 0.2) is 0 Å². The van der Waals surface area contributed by atoms with Gasteiger partial charge in [-0.2, -0.15) is 0 Å². The average Bonchev–Trinajstić information content (AvgIpc) is 2.46. The van der Waals surface area contributed by atoms with Crippen molar-refractivity contribution in [1.29, 1.82) is 0 Å². The Morgan fingerprint density at radius 1 is 1.37 bits per heavy atom. The molecule has 4 N–H and O–H groups in total. The number of rotatable bonds is 4. The topological polar surface area (TPSA) is 75.3 Å². The minimum Gasteiger partial charge on any atom is -0.325 e. The molecular formula is C14H19N5. The quantitative estimate of drug-likeness (QED) is 0.258. The first-order valence-corrected chi connectivity index (χ1v) is 6.46. The third kappa shape index (κ3) is 3.42. The van der Waals surface area contributed by atoms with Gasteiger partial charge in [-0.3, -0.25) is 15.4 Å². The predicted octanol–water partition coefficient (Wildman–Crippen LogP) is 2.27. The van der Waals surface area contributed by atoms with Gasteiger partial charge in [-0.15, -0.1) is 0 Å². The molecule has 0 atom stereocenters. The van der Waals surface area contributed by atoms with E-state index in [0.29, 0.717) is 5.96 Å². The lowest BCUT2D eigenvalue weighted by Gasteiger charge is -2.11. The number of nitrogens with two attached hydrogens (primary N) is 1. The van der Waals surface area contributed by atoms with E-state index in [1.165, 1.54) is 0 Å². The van der Waals surface area contributed by atoms with Crippen LogP contribution in [0.25, 0.3) is 10.8 Å². The summed E-state index contributed by atoms with van der Waals surface area (Å²) < 4.78 is 0. The number of hydrogen-bond acceptors (Lipinski definition) is 3. The Hall–Kier alpha value is -2.14. The molecule has 5 nitrogen and oxygen atoms in total. The van der Waals surface area contributed by atoms with Gasteiger partial charge in [0, 0.05) is 35.4 Å². The maximum absolute atomic E-state index is 5.49. The van der Waals surface area contributed by atoms with Crippen molar-refractivity contribution < 1.29 is 0 Å². The zero-order chi connectivity index (χ0) is 13.5. The summed E-state index contributed by atoms with van der Waals surface area (Å²) >= 11 is 0. The van der Waals surface area contributed by atoms with Gasteiger partial charge < -0.3 is 5.32 Å². The number of unbranched alkanes of at least 4 members (excludes halogenated alkanes) is 1. The lowest BCUT2D eigenvalue weighted by Crippen LogP contribution is -2.36. The van der Waals surface area contributed by atoms with Crippen LogP contribution in [0.4, 0.5) is 5.69 Å². The van der Waals surface area contributed by atoms with Crippen molar-refractivity contribution in [2.75, 3.05) is 11.9 Å². The molecule has 0 bridgehead atoms. The summed E-state index contributed by atoms with van der Waals surface area (Å²) in [4.78, 5) is 8.50. The van der Waals surface area contributed by atoms with Gasteiger partial charge in [0.2, 0.25) is 5.96 Å². The lowest BCUT2D eigenvalue weighted by atomic mass is 10.1. The Balaban J connectivity index is 2.22. The zero-order valence-corrected chi connectivity index (χ0v) is 11.1. The van der Waals surface area contributed by atoms with Crippen molar-refractivity contribution in [3.63, 3.8) is 0 Å². The fraction of sp³-hybridized carbons (Fsp3) is 0.286. The van der Waals surface area contributed by atoms with Gasteiger partial charge in [0.05, 0.1) is 0 Å². The van der Waals surface area contributed by atoms with Crippen LogP contribution < -0.4 is 16.6 Å². The van der Waals surface area contributed by atoms with Crippen molar-refractivity contribution in [3.05, 3.63) is 36.7 Å². The number of fused-ring (bicyclic) bond motifs is 1. The summed E-state index contributed by atoms with van der Waals surface area (Å²) in [6.45, 7) is 2.89. The van der Waals surface area contributed by atoms with E-state index in [-0.39, 0.29) is 0 Å². The maximum Gasteiger partial charge on any atom is 0.210 e. The molecule has 1 aromatic carbocycles. The van der Waals surface area contributed by atoms with E-state index in [9.17, 15) is 0 Å². The van der Waals surface area contributed by atoms with E-state index < -0.39 is 0 Å². The summed E-state index contributed by atoms with van der Waals surface area (Å²) in [5, 5.41) is 5.39. The third-order valence-corrected chi connectivity index (χ3v) is 2.85. The Morgan fingerprint density at radius 3 is 3.05 bits per heavy atom. The van der Waals surface area contributed by atoms with E-state index in [0.717, 1.165) is 35.8 Å². The molecule has 0 spiro atoms. The number of nitrogens with one attached hydrogen (secondary N) is 2. The van der Waals surface area contributed by atoms with Gasteiger partial charge in [0.25, 0.3) is 0 Å². The van der Waals surface area contributed by atoms with Crippen LogP contribution in [-0.4, -0.2) is 17.5 Å². The average molecular weight is 257 g/mol. The van der Waals surface area contributed by atoms with E-state index in [1.807, 2.05) is 30.5 Å². The normalized spacial score (nSPS) is 11.6. The molecule has 0 fully saturated rings. The minimum atomic E-state index is 0.581. The highest BCUT2D eigenvalue weighted by Gasteiger charge is 2.02. The molecule has 0 saturated carbocycles. The molecule has 1 aromatic heterocycles. The number of hydrogen-bond donors (Lipinski definition) is 3. The summed E-state index contributed by atoms with van der Waals surface area (Å²) in [5.41, 5.74) is 3.56. The fourth-order valence-electron chi connectivity index (χ4n) is 1.83. The van der Waals surface area contributed by atoms with Crippen molar-refractivity contribution in [2.45, 2.75) is 19.8 Å². The molecule has 0 amide bonds. The Morgan fingerprint density at radius 2 is 2.26 bits per heavy atom. The molecule has 1 heterocycles. The van der Waals surface area contributed by atoms with Crippen molar-refractivity contribution in [1.82, 2.24) is 10.4 Å². The van der Waals surface area contributed by atoms with Crippen molar-refractivity contribution in [2.24, 2.45) is 10.8 Å². The van der Waals surface area contributed by atoms with Crippen LogP contribution in [0, 0.1) is 0 Å². The van der Waals surface area contributed by atoms with Crippen LogP contribution in [0.2, 0.25) is 0 Å². The largest absolute Gasteiger partial charge is 0.325 e. The molecule has 0 aliphatic rings. The van der Waals surface area contributed by atoms with Crippen LogP contribution in [0.15, 0.2) is 41.7 Å². The number of pyridine rings is 1. The third-order valence-electron chi connectivity index (χ3n) is 2.85. The van der Waals surface area contributed by atoms with E-state index >= 15 is 0 Å². The number of aromatic nitrogens is 1. The van der Waals surface area contributed by atoms with E-state index in [1.54, 1.807) is 6.20 Å². The number of benzene rings is 1. The molecule has 19 heavy (non-hydrogen) atoms. The molecule has 0 saturated heterocycles. The first-order valence-electron chi connectivity index (χ1n) is 6.46. The zero-order valence-electron chi connectivity index (χ0n) is 11.1. The van der Waals surface area contributed by atoms with Crippen molar-refractivity contribution in [3.8, 4) is 0 Å². The van der Waals surface area contributed by atoms with Gasteiger partial charge in [-0.25, -0.2) is 5.84 Å². The minimum absolute atomic E-state index is 0.581. The summed E-state index contributed by atoms with van der Waals surface area (Å²) in [6, 6.07) is 7.97. The van der Waals surface area contributed by atoms with Gasteiger partial charge in [-0.1, -0.05) is 25.5 Å². The van der Waals surface area contributed by atoms with E-state index in [2.05, 4.69) is 27.6 Å². The number of anilines is 1.